The molecule has 106 valence electrons. The Balaban J connectivity index is 2.04. The number of benzene rings is 1. The van der Waals surface area contributed by atoms with E-state index in [0.29, 0.717) is 18.5 Å². The minimum Gasteiger partial charge on any atom is -0.211 e. The maximum atomic E-state index is 13.0. The maximum absolute atomic E-state index is 13.0. The van der Waals surface area contributed by atoms with Gasteiger partial charge in [-0.15, -0.1) is 0 Å². The zero-order valence-electron chi connectivity index (χ0n) is 10.5. The van der Waals surface area contributed by atoms with Gasteiger partial charge in [-0.05, 0) is 30.9 Å². The Morgan fingerprint density at radius 1 is 1.05 bits per heavy atom. The lowest BCUT2D eigenvalue weighted by atomic mass is 9.90. The molecule has 0 radical (unpaired) electrons. The summed E-state index contributed by atoms with van der Waals surface area (Å²) in [6, 6.07) is 2.30. The zero-order chi connectivity index (χ0) is 13.9. The van der Waals surface area contributed by atoms with Crippen molar-refractivity contribution >= 4 is 10.0 Å². The molecule has 0 bridgehead atoms. The van der Waals surface area contributed by atoms with Crippen LogP contribution in [0.1, 0.15) is 32.1 Å². The molecule has 1 aliphatic carbocycles. The summed E-state index contributed by atoms with van der Waals surface area (Å²) in [5.74, 6) is -1.46. The van der Waals surface area contributed by atoms with Crippen molar-refractivity contribution in [1.82, 2.24) is 4.72 Å². The molecule has 1 aromatic carbocycles. The van der Waals surface area contributed by atoms with Crippen LogP contribution in [0.5, 0.6) is 0 Å². The van der Waals surface area contributed by atoms with E-state index in [1.807, 2.05) is 0 Å². The lowest BCUT2D eigenvalue weighted by Crippen LogP contribution is -2.30. The molecule has 3 nitrogen and oxygen atoms in total. The summed E-state index contributed by atoms with van der Waals surface area (Å²) in [6.07, 6.45) is 5.42. The minimum absolute atomic E-state index is 0.321. The summed E-state index contributed by atoms with van der Waals surface area (Å²) in [5, 5.41) is 0. The lowest BCUT2D eigenvalue weighted by Gasteiger charge is -2.21. The minimum atomic E-state index is -3.83. The third-order valence-corrected chi connectivity index (χ3v) is 4.84. The molecule has 0 atom stereocenters. The Bertz CT molecular complexity index is 519. The number of halogens is 2. The second-order valence-electron chi connectivity index (χ2n) is 4.96. The van der Waals surface area contributed by atoms with Crippen LogP contribution in [0.15, 0.2) is 23.1 Å². The highest BCUT2D eigenvalue weighted by molar-refractivity contribution is 7.89. The summed E-state index contributed by atoms with van der Waals surface area (Å²) in [6.45, 7) is 0.334. The first kappa shape index (κ1) is 14.4. The first-order valence-electron chi connectivity index (χ1n) is 6.43. The van der Waals surface area contributed by atoms with E-state index in [2.05, 4.69) is 4.72 Å². The molecule has 1 saturated carbocycles. The quantitative estimate of drug-likeness (QED) is 0.926. The molecule has 2 rings (SSSR count). The molecule has 0 aromatic heterocycles. The van der Waals surface area contributed by atoms with Crippen LogP contribution in [-0.2, 0) is 10.0 Å². The molecule has 6 heteroatoms. The van der Waals surface area contributed by atoms with Crippen LogP contribution in [0.2, 0.25) is 0 Å². The van der Waals surface area contributed by atoms with E-state index < -0.39 is 21.7 Å². The van der Waals surface area contributed by atoms with Gasteiger partial charge < -0.3 is 0 Å². The van der Waals surface area contributed by atoms with E-state index >= 15 is 0 Å². The van der Waals surface area contributed by atoms with Crippen molar-refractivity contribution in [1.29, 1.82) is 0 Å². The Morgan fingerprint density at radius 2 is 1.63 bits per heavy atom. The fourth-order valence-corrected chi connectivity index (χ4v) is 3.54. The van der Waals surface area contributed by atoms with E-state index in [1.54, 1.807) is 0 Å². The van der Waals surface area contributed by atoms with E-state index in [0.717, 1.165) is 37.8 Å². The molecule has 19 heavy (non-hydrogen) atoms. The molecule has 1 N–H and O–H groups in total. The molecule has 0 aliphatic heterocycles. The Hall–Kier alpha value is -1.01. The third-order valence-electron chi connectivity index (χ3n) is 3.43. The van der Waals surface area contributed by atoms with Gasteiger partial charge in [0.1, 0.15) is 11.6 Å². The van der Waals surface area contributed by atoms with Gasteiger partial charge in [0.25, 0.3) is 0 Å². The van der Waals surface area contributed by atoms with Gasteiger partial charge in [-0.3, -0.25) is 0 Å². The lowest BCUT2D eigenvalue weighted by molar-refractivity contribution is 0.357. The van der Waals surface area contributed by atoms with Crippen LogP contribution >= 0.6 is 0 Å². The van der Waals surface area contributed by atoms with Gasteiger partial charge >= 0.3 is 0 Å². The highest BCUT2D eigenvalue weighted by Gasteiger charge is 2.20. The topological polar surface area (TPSA) is 46.2 Å². The van der Waals surface area contributed by atoms with Crippen molar-refractivity contribution in [2.45, 2.75) is 37.0 Å². The molecule has 0 amide bonds. The van der Waals surface area contributed by atoms with Gasteiger partial charge in [-0.1, -0.05) is 19.3 Å². The highest BCUT2D eigenvalue weighted by atomic mass is 32.2. The second kappa shape index (κ2) is 5.96. The standard InChI is InChI=1S/C13H17F2NO2S/c14-11-6-12(15)8-13(7-11)19(17,18)16-9-10-4-2-1-3-5-10/h6-8,10,16H,1-5,9H2. The second-order valence-corrected chi connectivity index (χ2v) is 6.73. The van der Waals surface area contributed by atoms with Crippen LogP contribution in [0.25, 0.3) is 0 Å². The Kier molecular flexibility index (Phi) is 4.52. The van der Waals surface area contributed by atoms with Gasteiger partial charge in [0.05, 0.1) is 4.90 Å². The van der Waals surface area contributed by atoms with Crippen LogP contribution in [0, 0.1) is 17.6 Å². The third kappa shape index (κ3) is 3.98. The first-order chi connectivity index (χ1) is 8.97. The summed E-state index contributed by atoms with van der Waals surface area (Å²) in [4.78, 5) is -0.360. The predicted molar refractivity (Wildman–Crippen MR) is 68.1 cm³/mol. The van der Waals surface area contributed by atoms with Crippen molar-refractivity contribution in [2.24, 2.45) is 5.92 Å². The molecule has 0 heterocycles. The number of nitrogens with one attached hydrogen (secondary N) is 1. The number of sulfonamides is 1. The van der Waals surface area contributed by atoms with Crippen LogP contribution in [-0.4, -0.2) is 15.0 Å². The molecule has 0 spiro atoms. The molecule has 1 aliphatic rings. The molecular formula is C13H17F2NO2S. The fourth-order valence-electron chi connectivity index (χ4n) is 2.39. The Labute approximate surface area is 112 Å². The summed E-state index contributed by atoms with van der Waals surface area (Å²) < 4.78 is 52.4. The van der Waals surface area contributed by atoms with Crippen molar-refractivity contribution < 1.29 is 17.2 Å². The van der Waals surface area contributed by atoms with Crippen molar-refractivity contribution in [2.75, 3.05) is 6.54 Å². The average Bonchev–Trinajstić information content (AvgIpc) is 2.37. The normalized spacial score (nSPS) is 17.6. The molecule has 0 saturated heterocycles. The molecule has 1 aromatic rings. The van der Waals surface area contributed by atoms with E-state index in [1.165, 1.54) is 6.42 Å². The van der Waals surface area contributed by atoms with Crippen molar-refractivity contribution in [3.8, 4) is 0 Å². The zero-order valence-corrected chi connectivity index (χ0v) is 11.3. The van der Waals surface area contributed by atoms with Crippen molar-refractivity contribution in [3.05, 3.63) is 29.8 Å². The van der Waals surface area contributed by atoms with Gasteiger partial charge in [-0.25, -0.2) is 21.9 Å². The van der Waals surface area contributed by atoms with Crippen LogP contribution in [0.3, 0.4) is 0 Å². The largest absolute Gasteiger partial charge is 0.240 e. The molecule has 1 fully saturated rings. The fraction of sp³-hybridized carbons (Fsp3) is 0.538. The number of hydrogen-bond acceptors (Lipinski definition) is 2. The summed E-state index contributed by atoms with van der Waals surface area (Å²) >= 11 is 0. The van der Waals surface area contributed by atoms with Gasteiger partial charge in [-0.2, -0.15) is 0 Å². The van der Waals surface area contributed by atoms with E-state index in [-0.39, 0.29) is 4.90 Å². The molecule has 0 unspecified atom stereocenters. The van der Waals surface area contributed by atoms with Crippen LogP contribution < -0.4 is 4.72 Å². The predicted octanol–water partition coefficient (Wildman–Crippen LogP) is 2.82. The molecular weight excluding hydrogens is 272 g/mol. The average molecular weight is 289 g/mol. The summed E-state index contributed by atoms with van der Waals surface area (Å²) in [7, 11) is -3.83. The summed E-state index contributed by atoms with van der Waals surface area (Å²) in [5.41, 5.74) is 0. The van der Waals surface area contributed by atoms with Crippen LogP contribution in [0.4, 0.5) is 8.78 Å². The van der Waals surface area contributed by atoms with Crippen molar-refractivity contribution in [3.63, 3.8) is 0 Å². The van der Waals surface area contributed by atoms with E-state index in [9.17, 15) is 17.2 Å². The maximum Gasteiger partial charge on any atom is 0.240 e. The van der Waals surface area contributed by atoms with Gasteiger partial charge in [0.15, 0.2) is 0 Å². The highest BCUT2D eigenvalue weighted by Crippen LogP contribution is 2.23. The smallest absolute Gasteiger partial charge is 0.211 e. The first-order valence-corrected chi connectivity index (χ1v) is 7.91. The Morgan fingerprint density at radius 3 is 2.21 bits per heavy atom. The number of rotatable bonds is 4. The van der Waals surface area contributed by atoms with E-state index in [4.69, 9.17) is 0 Å². The van der Waals surface area contributed by atoms with Gasteiger partial charge in [0, 0.05) is 12.6 Å². The van der Waals surface area contributed by atoms with Gasteiger partial charge in [0.2, 0.25) is 10.0 Å². The number of hydrogen-bond donors (Lipinski definition) is 1. The monoisotopic (exact) mass is 289 g/mol. The SMILES string of the molecule is O=S(=O)(NCC1CCCCC1)c1cc(F)cc(F)c1.